The fourth-order valence-electron chi connectivity index (χ4n) is 1.55. The van der Waals surface area contributed by atoms with Crippen molar-refractivity contribution in [1.82, 2.24) is 4.31 Å². The van der Waals surface area contributed by atoms with Crippen molar-refractivity contribution in [3.8, 4) is 5.75 Å². The predicted octanol–water partition coefficient (Wildman–Crippen LogP) is 1.29. The number of aryl methyl sites for hydroxylation is 1. The molecule has 0 fully saturated rings. The molecular formula is C12H13NO5S. The van der Waals surface area contributed by atoms with Crippen molar-refractivity contribution in [3.63, 3.8) is 0 Å². The van der Waals surface area contributed by atoms with Gasteiger partial charge >= 0.3 is 15.9 Å². The fraction of sp³-hybridized carbons (Fsp3) is 0.250. The normalized spacial score (nSPS) is 12.0. The topological polar surface area (TPSA) is 76.8 Å². The second-order valence-electron chi connectivity index (χ2n) is 4.23. The van der Waals surface area contributed by atoms with Gasteiger partial charge in [0.15, 0.2) is 0 Å². The first-order valence-corrected chi connectivity index (χ1v) is 6.82. The molecule has 1 aromatic heterocycles. The van der Waals surface area contributed by atoms with Crippen LogP contribution in [0.15, 0.2) is 33.5 Å². The zero-order valence-electron chi connectivity index (χ0n) is 10.7. The van der Waals surface area contributed by atoms with Crippen LogP contribution in [-0.4, -0.2) is 26.8 Å². The molecule has 0 bridgehead atoms. The Bertz CT molecular complexity index is 776. The number of hydrogen-bond donors (Lipinski definition) is 0. The van der Waals surface area contributed by atoms with Crippen LogP contribution in [0.2, 0.25) is 0 Å². The Morgan fingerprint density at radius 3 is 2.53 bits per heavy atom. The molecule has 1 heterocycles. The smallest absolute Gasteiger partial charge is 0.384 e. The lowest BCUT2D eigenvalue weighted by molar-refractivity contribution is 0.421. The molecule has 0 N–H and O–H groups in total. The average molecular weight is 283 g/mol. The molecule has 0 aliphatic heterocycles. The first kappa shape index (κ1) is 13.6. The minimum Gasteiger partial charge on any atom is -0.423 e. The molecule has 2 aromatic rings. The van der Waals surface area contributed by atoms with Gasteiger partial charge in [0, 0.05) is 31.6 Å². The van der Waals surface area contributed by atoms with Gasteiger partial charge < -0.3 is 8.60 Å². The minimum atomic E-state index is -3.83. The summed E-state index contributed by atoms with van der Waals surface area (Å²) in [6.07, 6.45) is 0. The quantitative estimate of drug-likeness (QED) is 0.793. The van der Waals surface area contributed by atoms with Crippen LogP contribution >= 0.6 is 0 Å². The number of hydrogen-bond acceptors (Lipinski definition) is 5. The second-order valence-corrected chi connectivity index (χ2v) is 5.98. The maximum atomic E-state index is 11.6. The Balaban J connectivity index is 2.51. The van der Waals surface area contributed by atoms with Gasteiger partial charge in [-0.1, -0.05) is 0 Å². The molecule has 2 rings (SSSR count). The summed E-state index contributed by atoms with van der Waals surface area (Å²) in [4.78, 5) is 11.3. The highest BCUT2D eigenvalue weighted by Gasteiger charge is 2.16. The summed E-state index contributed by atoms with van der Waals surface area (Å²) < 4.78 is 34.0. The third-order valence-corrected chi connectivity index (χ3v) is 3.87. The van der Waals surface area contributed by atoms with Gasteiger partial charge in [0.25, 0.3) is 0 Å². The average Bonchev–Trinajstić information content (AvgIpc) is 2.27. The van der Waals surface area contributed by atoms with Gasteiger partial charge in [0.05, 0.1) is 0 Å². The molecule has 0 unspecified atom stereocenters. The summed E-state index contributed by atoms with van der Waals surface area (Å²) in [5.41, 5.74) is 0.558. The van der Waals surface area contributed by atoms with Crippen LogP contribution < -0.4 is 9.81 Å². The van der Waals surface area contributed by atoms with E-state index in [1.165, 1.54) is 32.3 Å². The van der Waals surface area contributed by atoms with Crippen molar-refractivity contribution in [2.75, 3.05) is 14.1 Å². The minimum absolute atomic E-state index is 0.0925. The van der Waals surface area contributed by atoms with Gasteiger partial charge in [-0.15, -0.1) is 0 Å². The maximum absolute atomic E-state index is 11.6. The highest BCUT2D eigenvalue weighted by molar-refractivity contribution is 7.84. The van der Waals surface area contributed by atoms with Gasteiger partial charge in [0.1, 0.15) is 11.3 Å². The van der Waals surface area contributed by atoms with Crippen LogP contribution in [0, 0.1) is 6.92 Å². The van der Waals surface area contributed by atoms with E-state index in [4.69, 9.17) is 8.60 Å². The second kappa shape index (κ2) is 4.67. The van der Waals surface area contributed by atoms with Crippen LogP contribution in [0.4, 0.5) is 0 Å². The Hall–Kier alpha value is -1.86. The lowest BCUT2D eigenvalue weighted by Gasteiger charge is -2.12. The molecule has 7 heteroatoms. The van der Waals surface area contributed by atoms with Gasteiger partial charge in [-0.25, -0.2) is 4.79 Å². The first-order valence-electron chi connectivity index (χ1n) is 5.46. The van der Waals surface area contributed by atoms with Gasteiger partial charge in [-0.2, -0.15) is 12.7 Å². The fourth-order valence-corrected chi connectivity index (χ4v) is 2.05. The standard InChI is InChI=1S/C12H13NO5S/c1-8-6-12(14)17-11-7-9(4-5-10(8)11)18-19(15,16)13(2)3/h4-7H,1-3H3. The van der Waals surface area contributed by atoms with E-state index in [1.807, 2.05) is 0 Å². The lowest BCUT2D eigenvalue weighted by Crippen LogP contribution is -2.27. The van der Waals surface area contributed by atoms with Gasteiger partial charge in [0.2, 0.25) is 0 Å². The third kappa shape index (κ3) is 2.77. The molecule has 0 spiro atoms. The molecular weight excluding hydrogens is 270 g/mol. The summed E-state index contributed by atoms with van der Waals surface area (Å²) in [5, 5.41) is 0.731. The molecule has 1 aromatic carbocycles. The lowest BCUT2D eigenvalue weighted by atomic mass is 10.1. The van der Waals surface area contributed by atoms with Gasteiger partial charge in [-0.05, 0) is 24.6 Å². The monoisotopic (exact) mass is 283 g/mol. The number of nitrogens with zero attached hydrogens (tertiary/aromatic N) is 1. The van der Waals surface area contributed by atoms with Crippen molar-refractivity contribution >= 4 is 21.3 Å². The van der Waals surface area contributed by atoms with Crippen LogP contribution in [0.1, 0.15) is 5.56 Å². The van der Waals surface area contributed by atoms with E-state index in [9.17, 15) is 13.2 Å². The zero-order valence-corrected chi connectivity index (χ0v) is 11.5. The Kier molecular flexibility index (Phi) is 3.34. The van der Waals surface area contributed by atoms with Crippen LogP contribution in [0.3, 0.4) is 0 Å². The van der Waals surface area contributed by atoms with E-state index in [-0.39, 0.29) is 11.3 Å². The van der Waals surface area contributed by atoms with Crippen molar-refractivity contribution in [3.05, 3.63) is 40.2 Å². The summed E-state index contributed by atoms with van der Waals surface area (Å²) in [7, 11) is -1.10. The van der Waals surface area contributed by atoms with Crippen LogP contribution in [-0.2, 0) is 10.3 Å². The summed E-state index contributed by atoms with van der Waals surface area (Å²) in [6.45, 7) is 1.77. The van der Waals surface area contributed by atoms with E-state index >= 15 is 0 Å². The van der Waals surface area contributed by atoms with Crippen LogP contribution in [0.25, 0.3) is 11.0 Å². The number of fused-ring (bicyclic) bond motifs is 1. The molecule has 19 heavy (non-hydrogen) atoms. The Labute approximate surface area is 110 Å². The van der Waals surface area contributed by atoms with Crippen LogP contribution in [0.5, 0.6) is 5.75 Å². The number of benzene rings is 1. The largest absolute Gasteiger partial charge is 0.423 e. The molecule has 0 aliphatic carbocycles. The Morgan fingerprint density at radius 2 is 1.89 bits per heavy atom. The molecule has 6 nitrogen and oxygen atoms in total. The number of rotatable bonds is 3. The first-order chi connectivity index (χ1) is 8.79. The molecule has 0 aliphatic rings. The summed E-state index contributed by atoms with van der Waals surface area (Å²) in [5.74, 6) is 0.0925. The van der Waals surface area contributed by atoms with Crippen molar-refractivity contribution < 1.29 is 17.0 Å². The molecule has 0 saturated carbocycles. The van der Waals surface area contributed by atoms with Gasteiger partial charge in [-0.3, -0.25) is 0 Å². The van der Waals surface area contributed by atoms with Crippen molar-refractivity contribution in [2.45, 2.75) is 6.92 Å². The molecule has 0 atom stereocenters. The predicted molar refractivity (Wildman–Crippen MR) is 70.5 cm³/mol. The maximum Gasteiger partial charge on any atom is 0.384 e. The van der Waals surface area contributed by atoms with Crippen molar-refractivity contribution in [2.24, 2.45) is 0 Å². The SMILES string of the molecule is Cc1cc(=O)oc2cc(OS(=O)(=O)N(C)C)ccc12. The molecule has 102 valence electrons. The summed E-state index contributed by atoms with van der Waals surface area (Å²) >= 11 is 0. The Morgan fingerprint density at radius 1 is 1.21 bits per heavy atom. The van der Waals surface area contributed by atoms with Crippen molar-refractivity contribution in [1.29, 1.82) is 0 Å². The summed E-state index contributed by atoms with van der Waals surface area (Å²) in [6, 6.07) is 5.91. The van der Waals surface area contributed by atoms with E-state index in [0.717, 1.165) is 15.3 Å². The molecule has 0 amide bonds. The third-order valence-electron chi connectivity index (χ3n) is 2.57. The van der Waals surface area contributed by atoms with E-state index < -0.39 is 15.9 Å². The van der Waals surface area contributed by atoms with E-state index in [1.54, 1.807) is 13.0 Å². The highest BCUT2D eigenvalue weighted by atomic mass is 32.2. The van der Waals surface area contributed by atoms with E-state index in [2.05, 4.69) is 0 Å². The van der Waals surface area contributed by atoms with E-state index in [0.29, 0.717) is 0 Å². The molecule has 0 saturated heterocycles. The highest BCUT2D eigenvalue weighted by Crippen LogP contribution is 2.23. The zero-order chi connectivity index (χ0) is 14.2. The molecule has 0 radical (unpaired) electrons.